The summed E-state index contributed by atoms with van der Waals surface area (Å²) in [6, 6.07) is 16.0. The van der Waals surface area contributed by atoms with Gasteiger partial charge in [-0.1, -0.05) is 31.2 Å². The lowest BCUT2D eigenvalue weighted by Gasteiger charge is -2.23. The number of piperidine rings is 1. The minimum Gasteiger partial charge on any atom is -0.437 e. The molecule has 8 nitrogen and oxygen atoms in total. The lowest BCUT2D eigenvalue weighted by molar-refractivity contribution is -0.117. The lowest BCUT2D eigenvalue weighted by Crippen LogP contribution is -2.38. The van der Waals surface area contributed by atoms with Crippen LogP contribution in [0.4, 0.5) is 11.6 Å². The van der Waals surface area contributed by atoms with Crippen molar-refractivity contribution in [2.24, 2.45) is 5.41 Å². The first-order valence-electron chi connectivity index (χ1n) is 13.7. The highest BCUT2D eigenvalue weighted by Crippen LogP contribution is 2.48. The van der Waals surface area contributed by atoms with Crippen molar-refractivity contribution in [3.63, 3.8) is 0 Å². The summed E-state index contributed by atoms with van der Waals surface area (Å²) in [7, 11) is 0. The molecule has 3 heterocycles. The molecule has 1 atom stereocenters. The Labute approximate surface area is 228 Å². The van der Waals surface area contributed by atoms with Crippen molar-refractivity contribution in [1.29, 1.82) is 0 Å². The second kappa shape index (κ2) is 10.6. The largest absolute Gasteiger partial charge is 0.437 e. The van der Waals surface area contributed by atoms with E-state index in [1.54, 1.807) is 12.4 Å². The van der Waals surface area contributed by atoms with E-state index in [1.165, 1.54) is 0 Å². The fraction of sp³-hybridized carbons (Fsp3) is 0.355. The molecule has 1 saturated heterocycles. The molecule has 4 aromatic rings. The van der Waals surface area contributed by atoms with E-state index in [2.05, 4.69) is 32.8 Å². The Morgan fingerprint density at radius 3 is 2.79 bits per heavy atom. The van der Waals surface area contributed by atoms with Crippen LogP contribution in [-0.4, -0.2) is 40.0 Å². The minimum atomic E-state index is 0.0507. The van der Waals surface area contributed by atoms with E-state index < -0.39 is 0 Å². The van der Waals surface area contributed by atoms with Gasteiger partial charge in [-0.3, -0.25) is 4.79 Å². The number of carbonyl (C=O) groups is 1. The number of nitrogens with zero attached hydrogens (tertiary/aromatic N) is 3. The Kier molecular flexibility index (Phi) is 6.87. The number of pyridine rings is 1. The van der Waals surface area contributed by atoms with E-state index in [0.717, 1.165) is 72.1 Å². The molecule has 1 saturated carbocycles. The molecule has 3 N–H and O–H groups in total. The molecular weight excluding hydrogens is 488 g/mol. The second-order valence-electron chi connectivity index (χ2n) is 11.1. The van der Waals surface area contributed by atoms with Gasteiger partial charge >= 0.3 is 0 Å². The number of benzene rings is 2. The molecule has 2 aromatic carbocycles. The molecule has 200 valence electrons. The molecule has 1 amide bonds. The minimum absolute atomic E-state index is 0.0507. The fourth-order valence-corrected chi connectivity index (χ4v) is 5.16. The van der Waals surface area contributed by atoms with Gasteiger partial charge in [0.15, 0.2) is 0 Å². The number of ether oxygens (including phenoxy) is 1. The standard InChI is InChI=1S/C31H34N6O2/c1-20-10-11-22-23(7-3-9-25(22)36-27(38)18-31(2)13-14-31)28(20)39-29-24(8-5-16-33-29)26-12-17-34-30(37-26)35-21-6-4-15-32-19-21/h3,5,7-12,16-17,21,32H,4,6,13-15,18-19H2,1-2H3,(H,36,38)(H,34,35,37). The Morgan fingerprint density at radius 2 is 1.97 bits per heavy atom. The predicted molar refractivity (Wildman–Crippen MR) is 154 cm³/mol. The average molecular weight is 523 g/mol. The zero-order valence-corrected chi connectivity index (χ0v) is 22.5. The van der Waals surface area contributed by atoms with E-state index in [4.69, 9.17) is 9.72 Å². The van der Waals surface area contributed by atoms with Gasteiger partial charge in [0.25, 0.3) is 0 Å². The van der Waals surface area contributed by atoms with Gasteiger partial charge in [-0.15, -0.1) is 0 Å². The molecule has 0 bridgehead atoms. The van der Waals surface area contributed by atoms with Gasteiger partial charge in [0, 0.05) is 47.9 Å². The van der Waals surface area contributed by atoms with Crippen LogP contribution >= 0.6 is 0 Å². The van der Waals surface area contributed by atoms with Crippen LogP contribution in [0.3, 0.4) is 0 Å². The first kappa shape index (κ1) is 25.2. The molecule has 2 aliphatic rings. The maximum Gasteiger partial charge on any atom is 0.228 e. The molecule has 1 aliphatic heterocycles. The molecule has 39 heavy (non-hydrogen) atoms. The van der Waals surface area contributed by atoms with Crippen molar-refractivity contribution in [2.45, 2.75) is 52.0 Å². The summed E-state index contributed by atoms with van der Waals surface area (Å²) < 4.78 is 6.53. The maximum atomic E-state index is 12.7. The summed E-state index contributed by atoms with van der Waals surface area (Å²) in [4.78, 5) is 26.5. The molecule has 8 heteroatoms. The molecular formula is C31H34N6O2. The highest BCUT2D eigenvalue weighted by Gasteiger charge is 2.39. The zero-order valence-electron chi connectivity index (χ0n) is 22.5. The number of nitrogens with one attached hydrogen (secondary N) is 3. The Morgan fingerprint density at radius 1 is 1.08 bits per heavy atom. The van der Waals surface area contributed by atoms with Gasteiger partial charge < -0.3 is 20.7 Å². The third kappa shape index (κ3) is 5.71. The van der Waals surface area contributed by atoms with Gasteiger partial charge in [0.1, 0.15) is 5.75 Å². The predicted octanol–water partition coefficient (Wildman–Crippen LogP) is 6.09. The number of aromatic nitrogens is 3. The molecule has 2 aromatic heterocycles. The first-order valence-corrected chi connectivity index (χ1v) is 13.7. The Balaban J connectivity index is 1.29. The van der Waals surface area contributed by atoms with Crippen molar-refractivity contribution < 1.29 is 9.53 Å². The Bertz CT molecular complexity index is 1510. The van der Waals surface area contributed by atoms with Crippen molar-refractivity contribution >= 4 is 28.3 Å². The van der Waals surface area contributed by atoms with Crippen LogP contribution in [0.25, 0.3) is 22.0 Å². The molecule has 0 spiro atoms. The van der Waals surface area contributed by atoms with Crippen LogP contribution < -0.4 is 20.7 Å². The molecule has 6 rings (SSSR count). The molecule has 0 radical (unpaired) electrons. The third-order valence-electron chi connectivity index (χ3n) is 7.71. The second-order valence-corrected chi connectivity index (χ2v) is 11.1. The SMILES string of the molecule is Cc1ccc2c(NC(=O)CC3(C)CC3)cccc2c1Oc1ncccc1-c1ccnc(NC2CCCNC2)n1. The van der Waals surface area contributed by atoms with Crippen LogP contribution in [0, 0.1) is 12.3 Å². The average Bonchev–Trinajstić information content (AvgIpc) is 3.67. The number of rotatable bonds is 8. The normalized spacial score (nSPS) is 17.9. The van der Waals surface area contributed by atoms with E-state index in [0.29, 0.717) is 30.0 Å². The number of hydrogen-bond donors (Lipinski definition) is 3. The van der Waals surface area contributed by atoms with Crippen LogP contribution in [-0.2, 0) is 4.79 Å². The summed E-state index contributed by atoms with van der Waals surface area (Å²) in [6.07, 6.45) is 8.47. The summed E-state index contributed by atoms with van der Waals surface area (Å²) >= 11 is 0. The zero-order chi connectivity index (χ0) is 26.8. The highest BCUT2D eigenvalue weighted by atomic mass is 16.5. The first-order chi connectivity index (χ1) is 19.0. The summed E-state index contributed by atoms with van der Waals surface area (Å²) in [5.74, 6) is 1.82. The van der Waals surface area contributed by atoms with Gasteiger partial charge in [-0.05, 0) is 74.4 Å². The number of carbonyl (C=O) groups excluding carboxylic acids is 1. The monoisotopic (exact) mass is 522 g/mol. The van der Waals surface area contributed by atoms with Gasteiger partial charge in [-0.25, -0.2) is 15.0 Å². The molecule has 2 fully saturated rings. The van der Waals surface area contributed by atoms with Gasteiger partial charge in [-0.2, -0.15) is 0 Å². The fourth-order valence-electron chi connectivity index (χ4n) is 5.16. The highest BCUT2D eigenvalue weighted by molar-refractivity contribution is 6.04. The van der Waals surface area contributed by atoms with Crippen molar-refractivity contribution in [1.82, 2.24) is 20.3 Å². The van der Waals surface area contributed by atoms with Crippen LogP contribution in [0.5, 0.6) is 11.6 Å². The lowest BCUT2D eigenvalue weighted by atomic mass is 10.0. The van der Waals surface area contributed by atoms with Crippen molar-refractivity contribution in [3.05, 3.63) is 66.5 Å². The topological polar surface area (TPSA) is 101 Å². The molecule has 1 aliphatic carbocycles. The third-order valence-corrected chi connectivity index (χ3v) is 7.71. The van der Waals surface area contributed by atoms with E-state index in [-0.39, 0.29) is 11.3 Å². The van der Waals surface area contributed by atoms with Crippen LogP contribution in [0.1, 0.15) is 44.6 Å². The van der Waals surface area contributed by atoms with Gasteiger partial charge in [0.05, 0.1) is 11.3 Å². The number of amides is 1. The summed E-state index contributed by atoms with van der Waals surface area (Å²) in [6.45, 7) is 6.13. The number of fused-ring (bicyclic) bond motifs is 1. The van der Waals surface area contributed by atoms with Crippen molar-refractivity contribution in [2.75, 3.05) is 23.7 Å². The van der Waals surface area contributed by atoms with Crippen LogP contribution in [0.15, 0.2) is 60.9 Å². The summed E-state index contributed by atoms with van der Waals surface area (Å²) in [5, 5.41) is 11.8. The van der Waals surface area contributed by atoms with E-state index in [1.807, 2.05) is 55.5 Å². The van der Waals surface area contributed by atoms with Crippen molar-refractivity contribution in [3.8, 4) is 22.9 Å². The number of anilines is 2. The number of aryl methyl sites for hydroxylation is 1. The summed E-state index contributed by atoms with van der Waals surface area (Å²) in [5.41, 5.74) is 3.43. The maximum absolute atomic E-state index is 12.7. The van der Waals surface area contributed by atoms with Crippen LogP contribution in [0.2, 0.25) is 0 Å². The molecule has 1 unspecified atom stereocenters. The van der Waals surface area contributed by atoms with E-state index >= 15 is 0 Å². The number of hydrogen-bond acceptors (Lipinski definition) is 7. The smallest absolute Gasteiger partial charge is 0.228 e. The quantitative estimate of drug-likeness (QED) is 0.258. The van der Waals surface area contributed by atoms with Gasteiger partial charge in [0.2, 0.25) is 17.7 Å². The van der Waals surface area contributed by atoms with E-state index in [9.17, 15) is 4.79 Å². The Hall–Kier alpha value is -4.04.